The number of hydrogen-bond donors (Lipinski definition) is 1. The maximum atomic E-state index is 10.6. The van der Waals surface area contributed by atoms with Gasteiger partial charge in [0.15, 0.2) is 0 Å². The zero-order chi connectivity index (χ0) is 12.3. The number of nitrogens with zero attached hydrogens (tertiary/aromatic N) is 3. The summed E-state index contributed by atoms with van der Waals surface area (Å²) in [7, 11) is 0. The minimum absolute atomic E-state index is 0.0540. The van der Waals surface area contributed by atoms with Gasteiger partial charge in [0.25, 0.3) is 0 Å². The first-order chi connectivity index (χ1) is 7.45. The third-order valence-electron chi connectivity index (χ3n) is 2.69. The lowest BCUT2D eigenvalue weighted by atomic mass is 9.98. The molecule has 1 rings (SSSR count). The fourth-order valence-electron chi connectivity index (χ4n) is 1.50. The van der Waals surface area contributed by atoms with Crippen molar-refractivity contribution in [3.05, 3.63) is 21.9 Å². The van der Waals surface area contributed by atoms with Gasteiger partial charge in [0, 0.05) is 0 Å². The van der Waals surface area contributed by atoms with Gasteiger partial charge in [-0.2, -0.15) is 17.3 Å². The van der Waals surface area contributed by atoms with E-state index in [-0.39, 0.29) is 5.82 Å². The van der Waals surface area contributed by atoms with Crippen LogP contribution in [0.25, 0.3) is 0 Å². The maximum absolute atomic E-state index is 10.6. The van der Waals surface area contributed by atoms with E-state index in [1.165, 1.54) is 0 Å². The Balaban J connectivity index is 2.82. The van der Waals surface area contributed by atoms with Gasteiger partial charge in [0.05, 0.1) is 23.4 Å². The van der Waals surface area contributed by atoms with Crippen molar-refractivity contribution in [3.8, 4) is 0 Å². The van der Waals surface area contributed by atoms with E-state index in [2.05, 4.69) is 31.6 Å². The van der Waals surface area contributed by atoms with E-state index in [0.717, 1.165) is 5.75 Å². The topological polar surface area (TPSA) is 61.0 Å². The van der Waals surface area contributed by atoms with Crippen LogP contribution >= 0.6 is 12.6 Å². The Morgan fingerprint density at radius 2 is 2.25 bits per heavy atom. The first-order valence-electron chi connectivity index (χ1n) is 5.25. The maximum Gasteiger partial charge on any atom is 0.392 e. The highest BCUT2D eigenvalue weighted by Crippen LogP contribution is 2.18. The molecule has 5 nitrogen and oxygen atoms in total. The summed E-state index contributed by atoms with van der Waals surface area (Å²) in [4.78, 5) is 10.2. The zero-order valence-corrected chi connectivity index (χ0v) is 10.6. The van der Waals surface area contributed by atoms with E-state index >= 15 is 0 Å². The molecule has 90 valence electrons. The van der Waals surface area contributed by atoms with E-state index in [9.17, 15) is 10.1 Å². The van der Waals surface area contributed by atoms with E-state index in [1.807, 2.05) is 0 Å². The highest BCUT2D eigenvalue weighted by molar-refractivity contribution is 7.80. The van der Waals surface area contributed by atoms with Gasteiger partial charge in [-0.05, 0) is 29.4 Å². The summed E-state index contributed by atoms with van der Waals surface area (Å²) in [5.41, 5.74) is 0.603. The van der Waals surface area contributed by atoms with E-state index in [1.54, 1.807) is 17.8 Å². The monoisotopic (exact) mass is 243 g/mol. The molecule has 0 aliphatic rings. The summed E-state index contributed by atoms with van der Waals surface area (Å²) in [5.74, 6) is 1.56. The van der Waals surface area contributed by atoms with Crippen LogP contribution in [0.2, 0.25) is 0 Å². The molecule has 1 aromatic heterocycles. The average Bonchev–Trinajstić information content (AvgIpc) is 2.55. The van der Waals surface area contributed by atoms with E-state index in [4.69, 9.17) is 0 Å². The molecular weight excluding hydrogens is 226 g/mol. The summed E-state index contributed by atoms with van der Waals surface area (Å²) in [5, 5.41) is 14.6. The summed E-state index contributed by atoms with van der Waals surface area (Å²) >= 11 is 4.28. The average molecular weight is 243 g/mol. The molecule has 1 heterocycles. The molecule has 0 aromatic carbocycles. The molecule has 1 unspecified atom stereocenters. The molecule has 0 saturated heterocycles. The minimum Gasteiger partial charge on any atom is -0.358 e. The molecule has 16 heavy (non-hydrogen) atoms. The van der Waals surface area contributed by atoms with Crippen LogP contribution in [0.1, 0.15) is 19.4 Å². The van der Waals surface area contributed by atoms with Crippen LogP contribution in [0.15, 0.2) is 6.20 Å². The Bertz CT molecular complexity index is 376. The highest BCUT2D eigenvalue weighted by atomic mass is 32.1. The molecule has 0 N–H and O–H groups in total. The van der Waals surface area contributed by atoms with Gasteiger partial charge < -0.3 is 10.1 Å². The first kappa shape index (κ1) is 13.0. The van der Waals surface area contributed by atoms with Gasteiger partial charge in [-0.15, -0.1) is 0 Å². The fourth-order valence-corrected chi connectivity index (χ4v) is 2.04. The Kier molecular flexibility index (Phi) is 4.35. The smallest absolute Gasteiger partial charge is 0.358 e. The van der Waals surface area contributed by atoms with E-state index in [0.29, 0.717) is 23.9 Å². The number of aryl methyl sites for hydroxylation is 1. The molecule has 0 spiro atoms. The quantitative estimate of drug-likeness (QED) is 0.490. The lowest BCUT2D eigenvalue weighted by Crippen LogP contribution is -2.18. The van der Waals surface area contributed by atoms with E-state index < -0.39 is 4.92 Å². The van der Waals surface area contributed by atoms with Crippen molar-refractivity contribution in [1.29, 1.82) is 0 Å². The third-order valence-corrected chi connectivity index (χ3v) is 3.16. The molecule has 6 heteroatoms. The van der Waals surface area contributed by atoms with Crippen molar-refractivity contribution in [2.75, 3.05) is 5.75 Å². The minimum atomic E-state index is -0.448. The Hall–Kier alpha value is -1.04. The van der Waals surface area contributed by atoms with Crippen molar-refractivity contribution in [2.24, 2.45) is 11.8 Å². The van der Waals surface area contributed by atoms with Gasteiger partial charge in [-0.3, -0.25) is 0 Å². The lowest BCUT2D eigenvalue weighted by molar-refractivity contribution is -0.390. The molecule has 1 aromatic rings. The highest BCUT2D eigenvalue weighted by Gasteiger charge is 2.20. The van der Waals surface area contributed by atoms with Gasteiger partial charge in [-0.25, -0.2) is 0 Å². The van der Waals surface area contributed by atoms with Crippen LogP contribution < -0.4 is 0 Å². The van der Waals surface area contributed by atoms with Gasteiger partial charge in [0.2, 0.25) is 0 Å². The fraction of sp³-hybridized carbons (Fsp3) is 0.700. The molecule has 0 fully saturated rings. The Morgan fingerprint density at radius 1 is 1.62 bits per heavy atom. The van der Waals surface area contributed by atoms with Crippen molar-refractivity contribution < 1.29 is 4.92 Å². The molecule has 0 radical (unpaired) electrons. The molecule has 0 amide bonds. The predicted octanol–water partition coefficient (Wildman–Crippen LogP) is 2.30. The number of rotatable bonds is 5. The number of aromatic nitrogens is 2. The van der Waals surface area contributed by atoms with Crippen molar-refractivity contribution in [2.45, 2.75) is 27.3 Å². The molecule has 0 saturated carbocycles. The Morgan fingerprint density at radius 3 is 2.62 bits per heavy atom. The van der Waals surface area contributed by atoms with Gasteiger partial charge >= 0.3 is 5.82 Å². The van der Waals surface area contributed by atoms with Crippen molar-refractivity contribution >= 4 is 18.4 Å². The van der Waals surface area contributed by atoms with Crippen LogP contribution in [0.5, 0.6) is 0 Å². The number of thiol groups is 1. The van der Waals surface area contributed by atoms with Crippen LogP contribution in [0, 0.1) is 28.9 Å². The standard InChI is InChI=1S/C10H17N3O2S/c1-7(2)9(6-16)5-12-4-8(3)10(11-12)13(14)15/h4,7,9,16H,5-6H2,1-3H3. The third kappa shape index (κ3) is 2.98. The summed E-state index contributed by atoms with van der Waals surface area (Å²) < 4.78 is 1.65. The molecule has 1 atom stereocenters. The number of nitro groups is 1. The molecule has 0 aliphatic heterocycles. The SMILES string of the molecule is Cc1cn(CC(CS)C(C)C)nc1[N+](=O)[O-]. The van der Waals surface area contributed by atoms with Gasteiger partial charge in [0.1, 0.15) is 0 Å². The summed E-state index contributed by atoms with van der Waals surface area (Å²) in [6.45, 7) is 6.61. The second-order valence-corrected chi connectivity index (χ2v) is 4.67. The first-order valence-corrected chi connectivity index (χ1v) is 5.88. The zero-order valence-electron chi connectivity index (χ0n) is 9.75. The van der Waals surface area contributed by atoms with Crippen molar-refractivity contribution in [3.63, 3.8) is 0 Å². The number of hydrogen-bond acceptors (Lipinski definition) is 4. The van der Waals surface area contributed by atoms with Crippen LogP contribution in [0.4, 0.5) is 5.82 Å². The summed E-state index contributed by atoms with van der Waals surface area (Å²) in [6.07, 6.45) is 1.72. The molecule has 0 aliphatic carbocycles. The predicted molar refractivity (Wildman–Crippen MR) is 65.8 cm³/mol. The second-order valence-electron chi connectivity index (χ2n) is 4.30. The molecular formula is C10H17N3O2S. The lowest BCUT2D eigenvalue weighted by Gasteiger charge is -2.16. The van der Waals surface area contributed by atoms with Crippen LogP contribution in [0.3, 0.4) is 0 Å². The molecule has 0 bridgehead atoms. The normalized spacial score (nSPS) is 13.1. The Labute approximate surface area is 100 Å². The van der Waals surface area contributed by atoms with Crippen LogP contribution in [-0.2, 0) is 6.54 Å². The second kappa shape index (κ2) is 5.34. The largest absolute Gasteiger partial charge is 0.392 e. The summed E-state index contributed by atoms with van der Waals surface area (Å²) in [6, 6.07) is 0. The van der Waals surface area contributed by atoms with Crippen molar-refractivity contribution in [1.82, 2.24) is 9.78 Å². The van der Waals surface area contributed by atoms with Gasteiger partial charge in [-0.1, -0.05) is 13.8 Å². The van der Waals surface area contributed by atoms with Crippen LogP contribution in [-0.4, -0.2) is 20.5 Å².